The second-order valence-electron chi connectivity index (χ2n) is 6.74. The number of likely N-dealkylation sites (N-methyl/N-ethyl adjacent to an activating group) is 1. The highest BCUT2D eigenvalue weighted by atomic mass is 79.9. The number of nitrogens with one attached hydrogen (secondary N) is 1. The summed E-state index contributed by atoms with van der Waals surface area (Å²) in [5.74, 6) is 8.34. The number of nitrogens with two attached hydrogens (primary N) is 1. The van der Waals surface area contributed by atoms with Crippen LogP contribution in [0.2, 0.25) is 0 Å². The van der Waals surface area contributed by atoms with Crippen molar-refractivity contribution in [2.24, 2.45) is 23.6 Å². The third-order valence-electron chi connectivity index (χ3n) is 5.17. The standard InChI is InChI=1S/C15H26BrN5/c1-20(2)7-8-21-15(12(16)9-18-21)14(19-17)13-10-5-3-4-6-11(10)13/h9-11,13-14,19H,3-8,17H2,1-2H3. The van der Waals surface area contributed by atoms with Crippen LogP contribution in [0.3, 0.4) is 0 Å². The maximum absolute atomic E-state index is 5.93. The molecule has 1 aromatic heterocycles. The van der Waals surface area contributed by atoms with Crippen LogP contribution in [0.5, 0.6) is 0 Å². The predicted molar refractivity (Wildman–Crippen MR) is 87.5 cm³/mol. The predicted octanol–water partition coefficient (Wildman–Crippen LogP) is 2.15. The van der Waals surface area contributed by atoms with E-state index in [1.807, 2.05) is 6.20 Å². The van der Waals surface area contributed by atoms with Crippen LogP contribution in [0.25, 0.3) is 0 Å². The summed E-state index contributed by atoms with van der Waals surface area (Å²) >= 11 is 3.67. The minimum absolute atomic E-state index is 0.220. The molecule has 0 aliphatic heterocycles. The number of nitrogens with zero attached hydrogens (tertiary/aromatic N) is 3. The van der Waals surface area contributed by atoms with Crippen LogP contribution in [0.1, 0.15) is 37.4 Å². The molecule has 0 saturated heterocycles. The van der Waals surface area contributed by atoms with E-state index in [-0.39, 0.29) is 6.04 Å². The van der Waals surface area contributed by atoms with Crippen LogP contribution >= 0.6 is 15.9 Å². The molecule has 1 aromatic rings. The monoisotopic (exact) mass is 355 g/mol. The van der Waals surface area contributed by atoms with Crippen molar-refractivity contribution in [3.8, 4) is 0 Å². The highest BCUT2D eigenvalue weighted by Gasteiger charge is 2.55. The molecule has 2 saturated carbocycles. The Morgan fingerprint density at radius 3 is 2.67 bits per heavy atom. The Balaban J connectivity index is 1.79. The molecule has 1 heterocycles. The molecule has 2 aliphatic rings. The van der Waals surface area contributed by atoms with Gasteiger partial charge >= 0.3 is 0 Å². The Morgan fingerprint density at radius 1 is 1.43 bits per heavy atom. The third-order valence-corrected chi connectivity index (χ3v) is 5.79. The van der Waals surface area contributed by atoms with E-state index >= 15 is 0 Å². The van der Waals surface area contributed by atoms with Gasteiger partial charge < -0.3 is 4.90 Å². The van der Waals surface area contributed by atoms with Crippen molar-refractivity contribution in [2.75, 3.05) is 20.6 Å². The maximum atomic E-state index is 5.93. The summed E-state index contributed by atoms with van der Waals surface area (Å²) in [5.41, 5.74) is 4.31. The topological polar surface area (TPSA) is 59.1 Å². The summed E-state index contributed by atoms with van der Waals surface area (Å²) in [6, 6.07) is 0.220. The number of hydrazine groups is 1. The van der Waals surface area contributed by atoms with Crippen LogP contribution < -0.4 is 11.3 Å². The van der Waals surface area contributed by atoms with E-state index in [2.05, 4.69) is 50.1 Å². The normalized spacial score (nSPS) is 29.5. The van der Waals surface area contributed by atoms with Gasteiger partial charge in [0.2, 0.25) is 0 Å². The molecular formula is C15H26BrN5. The van der Waals surface area contributed by atoms with Crippen LogP contribution in [0.15, 0.2) is 10.7 Å². The van der Waals surface area contributed by atoms with Crippen LogP contribution in [0, 0.1) is 17.8 Å². The fraction of sp³-hybridized carbons (Fsp3) is 0.800. The Morgan fingerprint density at radius 2 is 2.10 bits per heavy atom. The minimum Gasteiger partial charge on any atom is -0.308 e. The van der Waals surface area contributed by atoms with E-state index in [0.29, 0.717) is 5.92 Å². The molecule has 0 spiro atoms. The maximum Gasteiger partial charge on any atom is 0.0712 e. The SMILES string of the molecule is CN(C)CCn1ncc(Br)c1C(NN)C1C2CCCCC21. The molecule has 5 nitrogen and oxygen atoms in total. The Labute approximate surface area is 135 Å². The summed E-state index contributed by atoms with van der Waals surface area (Å²) in [6.07, 6.45) is 7.42. The Hall–Kier alpha value is -0.430. The first-order valence-corrected chi connectivity index (χ1v) is 8.75. The molecule has 3 N–H and O–H groups in total. The minimum atomic E-state index is 0.220. The van der Waals surface area contributed by atoms with Gasteiger partial charge in [0.15, 0.2) is 0 Å². The van der Waals surface area contributed by atoms with Crippen molar-refractivity contribution < 1.29 is 0 Å². The molecule has 3 atom stereocenters. The lowest BCUT2D eigenvalue weighted by Gasteiger charge is -2.20. The van der Waals surface area contributed by atoms with Crippen molar-refractivity contribution in [2.45, 2.75) is 38.3 Å². The van der Waals surface area contributed by atoms with Gasteiger partial charge in [-0.25, -0.2) is 0 Å². The van der Waals surface area contributed by atoms with Crippen molar-refractivity contribution in [3.63, 3.8) is 0 Å². The lowest BCUT2D eigenvalue weighted by molar-refractivity contribution is 0.353. The van der Waals surface area contributed by atoms with Gasteiger partial charge in [0.05, 0.1) is 29.0 Å². The molecule has 2 aliphatic carbocycles. The van der Waals surface area contributed by atoms with Gasteiger partial charge in [0.25, 0.3) is 0 Å². The third kappa shape index (κ3) is 3.04. The van der Waals surface area contributed by atoms with Gasteiger partial charge in [0.1, 0.15) is 0 Å². The van der Waals surface area contributed by atoms with Gasteiger partial charge in [-0.05, 0) is 60.6 Å². The van der Waals surface area contributed by atoms with Crippen molar-refractivity contribution >= 4 is 15.9 Å². The first-order valence-electron chi connectivity index (χ1n) is 7.95. The second-order valence-corrected chi connectivity index (χ2v) is 7.59. The van der Waals surface area contributed by atoms with Crippen molar-refractivity contribution in [1.29, 1.82) is 0 Å². The lowest BCUT2D eigenvalue weighted by Crippen LogP contribution is -2.33. The number of hydrogen-bond donors (Lipinski definition) is 2. The largest absolute Gasteiger partial charge is 0.308 e. The first kappa shape index (κ1) is 15.5. The highest BCUT2D eigenvalue weighted by molar-refractivity contribution is 9.10. The van der Waals surface area contributed by atoms with E-state index in [9.17, 15) is 0 Å². The molecule has 2 fully saturated rings. The number of hydrogen-bond acceptors (Lipinski definition) is 4. The average Bonchev–Trinajstić information content (AvgIpc) is 3.08. The molecule has 3 rings (SSSR count). The van der Waals surface area contributed by atoms with Crippen molar-refractivity contribution in [1.82, 2.24) is 20.1 Å². The smallest absolute Gasteiger partial charge is 0.0712 e. The van der Waals surface area contributed by atoms with Gasteiger partial charge in [-0.15, -0.1) is 0 Å². The van der Waals surface area contributed by atoms with Gasteiger partial charge in [-0.3, -0.25) is 16.0 Å². The molecule has 0 amide bonds. The fourth-order valence-electron chi connectivity index (χ4n) is 4.07. The van der Waals surface area contributed by atoms with E-state index < -0.39 is 0 Å². The van der Waals surface area contributed by atoms with E-state index in [0.717, 1.165) is 29.4 Å². The lowest BCUT2D eigenvalue weighted by atomic mass is 10.0. The quantitative estimate of drug-likeness (QED) is 0.606. The molecular weight excluding hydrogens is 330 g/mol. The Bertz CT molecular complexity index is 474. The number of rotatable bonds is 6. The van der Waals surface area contributed by atoms with E-state index in [4.69, 9.17) is 5.84 Å². The molecule has 21 heavy (non-hydrogen) atoms. The first-order chi connectivity index (χ1) is 10.1. The zero-order valence-corrected chi connectivity index (χ0v) is 14.5. The fourth-order valence-corrected chi connectivity index (χ4v) is 4.61. The molecule has 0 radical (unpaired) electrons. The summed E-state index contributed by atoms with van der Waals surface area (Å²) in [5, 5.41) is 4.53. The van der Waals surface area contributed by atoms with Gasteiger partial charge in [0, 0.05) is 6.54 Å². The summed E-state index contributed by atoms with van der Waals surface area (Å²) in [6.45, 7) is 1.88. The molecule has 118 valence electrons. The molecule has 3 unspecified atom stereocenters. The Kier molecular flexibility index (Phi) is 4.69. The molecule has 6 heteroatoms. The summed E-state index contributed by atoms with van der Waals surface area (Å²) in [7, 11) is 4.18. The number of aromatic nitrogens is 2. The summed E-state index contributed by atoms with van der Waals surface area (Å²) < 4.78 is 3.19. The van der Waals surface area contributed by atoms with Crippen LogP contribution in [0.4, 0.5) is 0 Å². The van der Waals surface area contributed by atoms with Gasteiger partial charge in [-0.2, -0.15) is 5.10 Å². The molecule has 0 bridgehead atoms. The highest BCUT2D eigenvalue weighted by Crippen LogP contribution is 2.60. The average molecular weight is 356 g/mol. The van der Waals surface area contributed by atoms with Gasteiger partial charge in [-0.1, -0.05) is 12.8 Å². The van der Waals surface area contributed by atoms with Crippen LogP contribution in [-0.2, 0) is 6.54 Å². The zero-order chi connectivity index (χ0) is 15.0. The number of halogens is 1. The molecule has 0 aromatic carbocycles. The van der Waals surface area contributed by atoms with E-state index in [1.54, 1.807) is 0 Å². The summed E-state index contributed by atoms with van der Waals surface area (Å²) in [4.78, 5) is 2.18. The zero-order valence-electron chi connectivity index (χ0n) is 12.9. The van der Waals surface area contributed by atoms with Crippen molar-refractivity contribution in [3.05, 3.63) is 16.4 Å². The number of fused-ring (bicyclic) bond motifs is 1. The van der Waals surface area contributed by atoms with E-state index in [1.165, 1.54) is 31.4 Å². The second kappa shape index (κ2) is 6.36. The van der Waals surface area contributed by atoms with Crippen LogP contribution in [-0.4, -0.2) is 35.3 Å².